The quantitative estimate of drug-likeness (QED) is 0.895. The van der Waals surface area contributed by atoms with Gasteiger partial charge in [0.2, 0.25) is 0 Å². The van der Waals surface area contributed by atoms with E-state index in [1.807, 2.05) is 0 Å². The molecule has 1 aliphatic heterocycles. The number of carbonyl (C=O) groups excluding carboxylic acids is 1. The molecule has 1 saturated heterocycles. The minimum Gasteiger partial charge on any atom is -0.338 e. The van der Waals surface area contributed by atoms with Crippen LogP contribution >= 0.6 is 11.6 Å². The fourth-order valence-corrected chi connectivity index (χ4v) is 2.61. The number of piperidine rings is 1. The van der Waals surface area contributed by atoms with Gasteiger partial charge >= 0.3 is 6.03 Å². The van der Waals surface area contributed by atoms with Crippen molar-refractivity contribution < 1.29 is 9.18 Å². The summed E-state index contributed by atoms with van der Waals surface area (Å²) < 4.78 is 13.2. The topological polar surface area (TPSA) is 44.4 Å². The standard InChI is InChI=1S/C15H21ClFN3O/c1-20-8-5-11(6-9-20)4-7-18-15(21)19-12-2-3-13(16)14(17)10-12/h2-3,10-11H,4-9H2,1H3,(H2,18,19,21). The van der Waals surface area contributed by atoms with Crippen molar-refractivity contribution in [3.63, 3.8) is 0 Å². The van der Waals surface area contributed by atoms with Crippen molar-refractivity contribution in [2.45, 2.75) is 19.3 Å². The average Bonchev–Trinajstić information content (AvgIpc) is 2.45. The van der Waals surface area contributed by atoms with Crippen molar-refractivity contribution in [1.82, 2.24) is 10.2 Å². The van der Waals surface area contributed by atoms with Crippen molar-refractivity contribution >= 4 is 23.3 Å². The molecule has 2 N–H and O–H groups in total. The molecule has 0 spiro atoms. The van der Waals surface area contributed by atoms with E-state index in [0.717, 1.165) is 19.5 Å². The number of hydrogen-bond donors (Lipinski definition) is 2. The van der Waals surface area contributed by atoms with Gasteiger partial charge in [0.15, 0.2) is 0 Å². The lowest BCUT2D eigenvalue weighted by molar-refractivity contribution is 0.211. The lowest BCUT2D eigenvalue weighted by atomic mass is 9.94. The summed E-state index contributed by atoms with van der Waals surface area (Å²) >= 11 is 5.59. The Labute approximate surface area is 129 Å². The molecule has 2 amide bonds. The molecule has 4 nitrogen and oxygen atoms in total. The summed E-state index contributed by atoms with van der Waals surface area (Å²) in [7, 11) is 2.13. The highest BCUT2D eigenvalue weighted by molar-refractivity contribution is 6.30. The highest BCUT2D eigenvalue weighted by Crippen LogP contribution is 2.19. The molecule has 0 atom stereocenters. The Morgan fingerprint density at radius 1 is 1.43 bits per heavy atom. The van der Waals surface area contributed by atoms with Crippen LogP contribution in [0.5, 0.6) is 0 Å². The van der Waals surface area contributed by atoms with Gasteiger partial charge in [-0.1, -0.05) is 11.6 Å². The maximum Gasteiger partial charge on any atom is 0.319 e. The lowest BCUT2D eigenvalue weighted by Crippen LogP contribution is -2.34. The van der Waals surface area contributed by atoms with Gasteiger partial charge in [-0.2, -0.15) is 0 Å². The molecule has 2 rings (SSSR count). The van der Waals surface area contributed by atoms with Crippen LogP contribution < -0.4 is 10.6 Å². The second-order valence-electron chi connectivity index (χ2n) is 5.55. The predicted molar refractivity (Wildman–Crippen MR) is 83.3 cm³/mol. The van der Waals surface area contributed by atoms with Crippen molar-refractivity contribution in [3.8, 4) is 0 Å². The van der Waals surface area contributed by atoms with Gasteiger partial charge in [-0.25, -0.2) is 9.18 Å². The highest BCUT2D eigenvalue weighted by Gasteiger charge is 2.16. The Kier molecular flexibility index (Phi) is 5.82. The summed E-state index contributed by atoms with van der Waals surface area (Å²) in [6, 6.07) is 3.89. The van der Waals surface area contributed by atoms with E-state index in [0.29, 0.717) is 18.2 Å². The van der Waals surface area contributed by atoms with Gasteiger partial charge in [0, 0.05) is 12.2 Å². The van der Waals surface area contributed by atoms with Crippen LogP contribution in [0.2, 0.25) is 5.02 Å². The van der Waals surface area contributed by atoms with Gasteiger partial charge in [0.25, 0.3) is 0 Å². The minimum absolute atomic E-state index is 0.0447. The number of urea groups is 1. The first-order valence-corrected chi connectivity index (χ1v) is 7.61. The fraction of sp³-hybridized carbons (Fsp3) is 0.533. The Balaban J connectivity index is 1.68. The molecule has 0 aliphatic carbocycles. The zero-order valence-corrected chi connectivity index (χ0v) is 12.9. The predicted octanol–water partition coefficient (Wildman–Crippen LogP) is 3.33. The SMILES string of the molecule is CN1CCC(CCNC(=O)Nc2ccc(Cl)c(F)c2)CC1. The average molecular weight is 314 g/mol. The molecule has 0 bridgehead atoms. The molecule has 1 aliphatic rings. The number of hydrogen-bond acceptors (Lipinski definition) is 2. The molecule has 116 valence electrons. The van der Waals surface area contributed by atoms with Gasteiger partial charge in [-0.3, -0.25) is 0 Å². The summed E-state index contributed by atoms with van der Waals surface area (Å²) in [4.78, 5) is 14.0. The van der Waals surface area contributed by atoms with Gasteiger partial charge < -0.3 is 15.5 Å². The van der Waals surface area contributed by atoms with Crippen LogP contribution in [0.25, 0.3) is 0 Å². The molecule has 0 saturated carbocycles. The second-order valence-corrected chi connectivity index (χ2v) is 5.95. The van der Waals surface area contributed by atoms with E-state index in [1.54, 1.807) is 6.07 Å². The van der Waals surface area contributed by atoms with Crippen LogP contribution in [-0.2, 0) is 0 Å². The number of nitrogens with zero attached hydrogens (tertiary/aromatic N) is 1. The van der Waals surface area contributed by atoms with E-state index in [1.165, 1.54) is 25.0 Å². The number of likely N-dealkylation sites (tertiary alicyclic amines) is 1. The van der Waals surface area contributed by atoms with Crippen LogP contribution in [-0.4, -0.2) is 37.6 Å². The smallest absolute Gasteiger partial charge is 0.319 e. The molecular weight excluding hydrogens is 293 g/mol. The third-order valence-electron chi connectivity index (χ3n) is 3.85. The molecule has 6 heteroatoms. The summed E-state index contributed by atoms with van der Waals surface area (Å²) in [5, 5.41) is 5.45. The molecule has 1 fully saturated rings. The van der Waals surface area contributed by atoms with E-state index in [4.69, 9.17) is 11.6 Å². The number of halogens is 2. The normalized spacial score (nSPS) is 16.7. The van der Waals surface area contributed by atoms with E-state index in [2.05, 4.69) is 22.6 Å². The fourth-order valence-electron chi connectivity index (χ4n) is 2.49. The van der Waals surface area contributed by atoms with E-state index < -0.39 is 5.82 Å². The summed E-state index contributed by atoms with van der Waals surface area (Å²) in [6.07, 6.45) is 3.35. The number of anilines is 1. The van der Waals surface area contributed by atoms with Crippen LogP contribution in [0.1, 0.15) is 19.3 Å². The first-order chi connectivity index (χ1) is 10.0. The van der Waals surface area contributed by atoms with Crippen LogP contribution in [0.3, 0.4) is 0 Å². The highest BCUT2D eigenvalue weighted by atomic mass is 35.5. The summed E-state index contributed by atoms with van der Waals surface area (Å²) in [5.41, 5.74) is 0.397. The maximum absolute atomic E-state index is 13.2. The maximum atomic E-state index is 13.2. The molecule has 0 radical (unpaired) electrons. The zero-order valence-electron chi connectivity index (χ0n) is 12.2. The molecule has 1 heterocycles. The van der Waals surface area contributed by atoms with Crippen molar-refractivity contribution in [3.05, 3.63) is 29.0 Å². The van der Waals surface area contributed by atoms with E-state index in [-0.39, 0.29) is 11.1 Å². The van der Waals surface area contributed by atoms with Gasteiger partial charge in [-0.05, 0) is 63.5 Å². The largest absolute Gasteiger partial charge is 0.338 e. The van der Waals surface area contributed by atoms with Gasteiger partial charge in [-0.15, -0.1) is 0 Å². The third-order valence-corrected chi connectivity index (χ3v) is 4.16. The Hall–Kier alpha value is -1.33. The van der Waals surface area contributed by atoms with Gasteiger partial charge in [0.1, 0.15) is 5.82 Å². The third kappa shape index (κ3) is 5.17. The molecule has 0 aromatic heterocycles. The van der Waals surface area contributed by atoms with E-state index in [9.17, 15) is 9.18 Å². The monoisotopic (exact) mass is 313 g/mol. The second kappa shape index (κ2) is 7.61. The summed E-state index contributed by atoms with van der Waals surface area (Å²) in [5.74, 6) is 0.135. The Morgan fingerprint density at radius 2 is 2.14 bits per heavy atom. The number of carbonyl (C=O) groups is 1. The number of amides is 2. The Morgan fingerprint density at radius 3 is 2.81 bits per heavy atom. The van der Waals surface area contributed by atoms with Crippen molar-refractivity contribution in [2.75, 3.05) is 32.0 Å². The van der Waals surface area contributed by atoms with E-state index >= 15 is 0 Å². The van der Waals surface area contributed by atoms with Crippen LogP contribution in [0, 0.1) is 11.7 Å². The van der Waals surface area contributed by atoms with Gasteiger partial charge in [0.05, 0.1) is 5.02 Å². The molecule has 21 heavy (non-hydrogen) atoms. The number of nitrogens with one attached hydrogen (secondary N) is 2. The molecule has 0 unspecified atom stereocenters. The molecule has 1 aromatic carbocycles. The molecular formula is C15H21ClFN3O. The first kappa shape index (κ1) is 16.0. The van der Waals surface area contributed by atoms with Crippen LogP contribution in [0.4, 0.5) is 14.9 Å². The summed E-state index contributed by atoms with van der Waals surface area (Å²) in [6.45, 7) is 2.89. The van der Waals surface area contributed by atoms with Crippen LogP contribution in [0.15, 0.2) is 18.2 Å². The number of benzene rings is 1. The Bertz CT molecular complexity index is 490. The molecule has 1 aromatic rings. The number of rotatable bonds is 4. The zero-order chi connectivity index (χ0) is 15.2. The van der Waals surface area contributed by atoms with Crippen molar-refractivity contribution in [2.24, 2.45) is 5.92 Å². The lowest BCUT2D eigenvalue weighted by Gasteiger charge is -2.28. The minimum atomic E-state index is -0.541. The first-order valence-electron chi connectivity index (χ1n) is 7.23. The van der Waals surface area contributed by atoms with Crippen molar-refractivity contribution in [1.29, 1.82) is 0 Å².